The quantitative estimate of drug-likeness (QED) is 0.491. The minimum Gasteiger partial charge on any atom is -0.357 e. The van der Waals surface area contributed by atoms with Gasteiger partial charge in [0.25, 0.3) is 5.91 Å². The van der Waals surface area contributed by atoms with Crippen LogP contribution in [0.15, 0.2) is 48.8 Å². The van der Waals surface area contributed by atoms with E-state index >= 15 is 0 Å². The number of benzene rings is 2. The number of carbonyl (C=O) groups excluding carboxylic acids is 1. The molecule has 0 aliphatic heterocycles. The lowest BCUT2D eigenvalue weighted by molar-refractivity contribution is 0.0935. The zero-order valence-corrected chi connectivity index (χ0v) is 17.1. The van der Waals surface area contributed by atoms with Crippen LogP contribution >= 0.6 is 11.3 Å². The van der Waals surface area contributed by atoms with Crippen molar-refractivity contribution in [3.05, 3.63) is 66.0 Å². The van der Waals surface area contributed by atoms with E-state index in [9.17, 15) is 13.6 Å². The van der Waals surface area contributed by atoms with Crippen LogP contribution in [0, 0.1) is 11.6 Å². The van der Waals surface area contributed by atoms with Crippen LogP contribution in [-0.4, -0.2) is 38.0 Å². The van der Waals surface area contributed by atoms with Gasteiger partial charge in [0.2, 0.25) is 0 Å². The van der Waals surface area contributed by atoms with Gasteiger partial charge >= 0.3 is 0 Å². The van der Waals surface area contributed by atoms with E-state index < -0.39 is 11.6 Å². The number of aromatic nitrogens is 4. The van der Waals surface area contributed by atoms with E-state index in [4.69, 9.17) is 0 Å². The second kappa shape index (κ2) is 8.03. The summed E-state index contributed by atoms with van der Waals surface area (Å²) in [6.45, 7) is 0. The predicted molar refractivity (Wildman–Crippen MR) is 113 cm³/mol. The number of halogens is 2. The Bertz CT molecular complexity index is 1240. The lowest BCUT2D eigenvalue weighted by Gasteiger charge is -2.22. The SMILES string of the molecule is O=C(N[C@H]1CCC[C@H]1Nc1nc2c(F)cc(F)cc2s1)c1ccccc1-n1nccn1. The standard InChI is InChI=1S/C21H18F2N6OS/c22-12-10-14(23)19-18(11-12)31-21(28-19)27-16-6-3-5-15(16)26-20(30)13-4-1-2-7-17(13)29-24-8-9-25-29/h1-2,4,7-11,15-16H,3,5-6H2,(H,26,30)(H,27,28)/t15-,16+/m0/s1. The maximum Gasteiger partial charge on any atom is 0.253 e. The van der Waals surface area contributed by atoms with Gasteiger partial charge < -0.3 is 10.6 Å². The zero-order valence-electron chi connectivity index (χ0n) is 16.3. The first-order chi connectivity index (χ1) is 15.1. The van der Waals surface area contributed by atoms with Crippen molar-refractivity contribution >= 4 is 32.6 Å². The monoisotopic (exact) mass is 440 g/mol. The molecule has 5 rings (SSSR count). The second-order valence-electron chi connectivity index (χ2n) is 7.35. The third-order valence-electron chi connectivity index (χ3n) is 5.34. The van der Waals surface area contributed by atoms with Crippen molar-refractivity contribution in [3.63, 3.8) is 0 Å². The van der Waals surface area contributed by atoms with Crippen molar-refractivity contribution in [2.24, 2.45) is 0 Å². The highest BCUT2D eigenvalue weighted by Gasteiger charge is 2.30. The number of thiazole rings is 1. The Morgan fingerprint density at radius 2 is 1.87 bits per heavy atom. The summed E-state index contributed by atoms with van der Waals surface area (Å²) < 4.78 is 27.9. The normalized spacial score (nSPS) is 18.4. The van der Waals surface area contributed by atoms with E-state index in [1.807, 2.05) is 6.07 Å². The number of hydrogen-bond donors (Lipinski definition) is 2. The first kappa shape index (κ1) is 19.6. The van der Waals surface area contributed by atoms with Gasteiger partial charge in [-0.15, -0.1) is 0 Å². The summed E-state index contributed by atoms with van der Waals surface area (Å²) in [6.07, 6.45) is 5.68. The molecule has 2 aromatic carbocycles. The van der Waals surface area contributed by atoms with Crippen LogP contribution in [0.3, 0.4) is 0 Å². The van der Waals surface area contributed by atoms with E-state index in [-0.39, 0.29) is 23.5 Å². The molecule has 0 spiro atoms. The van der Waals surface area contributed by atoms with Crippen LogP contribution in [0.5, 0.6) is 0 Å². The number of nitrogens with zero attached hydrogens (tertiary/aromatic N) is 4. The van der Waals surface area contributed by atoms with Crippen molar-refractivity contribution in [1.82, 2.24) is 25.3 Å². The van der Waals surface area contributed by atoms with Crippen LogP contribution in [-0.2, 0) is 0 Å². The van der Waals surface area contributed by atoms with Crippen molar-refractivity contribution < 1.29 is 13.6 Å². The zero-order chi connectivity index (χ0) is 21.4. The number of amides is 1. The molecule has 1 amide bonds. The van der Waals surface area contributed by atoms with Gasteiger partial charge in [0, 0.05) is 18.2 Å². The number of anilines is 1. The van der Waals surface area contributed by atoms with Crippen molar-refractivity contribution in [2.45, 2.75) is 31.3 Å². The predicted octanol–water partition coefficient (Wildman–Crippen LogP) is 3.92. The maximum atomic E-state index is 14.0. The molecule has 1 fully saturated rings. The average molecular weight is 440 g/mol. The number of nitrogens with one attached hydrogen (secondary N) is 2. The molecule has 31 heavy (non-hydrogen) atoms. The smallest absolute Gasteiger partial charge is 0.253 e. The number of fused-ring (bicyclic) bond motifs is 1. The molecule has 0 saturated heterocycles. The van der Waals surface area contributed by atoms with Crippen LogP contribution < -0.4 is 10.6 Å². The van der Waals surface area contributed by atoms with Gasteiger partial charge in [-0.1, -0.05) is 23.5 Å². The summed E-state index contributed by atoms with van der Waals surface area (Å²) >= 11 is 1.20. The Balaban J connectivity index is 1.34. The third kappa shape index (κ3) is 3.86. The highest BCUT2D eigenvalue weighted by molar-refractivity contribution is 7.22. The largest absolute Gasteiger partial charge is 0.357 e. The van der Waals surface area contributed by atoms with Crippen LogP contribution in [0.1, 0.15) is 29.6 Å². The number of hydrogen-bond acceptors (Lipinski definition) is 6. The molecule has 1 saturated carbocycles. The number of rotatable bonds is 5. The van der Waals surface area contributed by atoms with Gasteiger partial charge in [-0.25, -0.2) is 13.8 Å². The molecule has 0 radical (unpaired) electrons. The molecule has 4 aromatic rings. The third-order valence-corrected chi connectivity index (χ3v) is 6.27. The molecule has 10 heteroatoms. The van der Waals surface area contributed by atoms with Crippen molar-refractivity contribution in [1.29, 1.82) is 0 Å². The van der Waals surface area contributed by atoms with Crippen molar-refractivity contribution in [2.75, 3.05) is 5.32 Å². The van der Waals surface area contributed by atoms with Gasteiger partial charge in [0.1, 0.15) is 11.3 Å². The van der Waals surface area contributed by atoms with E-state index in [2.05, 4.69) is 25.8 Å². The molecule has 2 atom stereocenters. The van der Waals surface area contributed by atoms with Gasteiger partial charge in [0.15, 0.2) is 10.9 Å². The second-order valence-corrected chi connectivity index (χ2v) is 8.38. The topological polar surface area (TPSA) is 84.7 Å². The molecule has 158 valence electrons. The van der Waals surface area contributed by atoms with Gasteiger partial charge in [-0.2, -0.15) is 15.0 Å². The average Bonchev–Trinajstić information content (AvgIpc) is 3.50. The first-order valence-corrected chi connectivity index (χ1v) is 10.7. The van der Waals surface area contributed by atoms with E-state index in [0.717, 1.165) is 25.3 Å². The van der Waals surface area contributed by atoms with E-state index in [0.29, 0.717) is 21.1 Å². The molecular formula is C21H18F2N6OS. The van der Waals surface area contributed by atoms with Crippen LogP contribution in [0.4, 0.5) is 13.9 Å². The molecular weight excluding hydrogens is 422 g/mol. The Hall–Kier alpha value is -3.40. The Kier molecular flexibility index (Phi) is 5.06. The minimum absolute atomic E-state index is 0.0626. The molecule has 7 nitrogen and oxygen atoms in total. The summed E-state index contributed by atoms with van der Waals surface area (Å²) in [7, 11) is 0. The van der Waals surface area contributed by atoms with Crippen LogP contribution in [0.25, 0.3) is 15.9 Å². The molecule has 2 N–H and O–H groups in total. The lowest BCUT2D eigenvalue weighted by atomic mass is 10.1. The summed E-state index contributed by atoms with van der Waals surface area (Å²) in [6, 6.07) is 9.05. The van der Waals surface area contributed by atoms with Gasteiger partial charge in [-0.05, 0) is 37.5 Å². The Labute approximate surface area is 180 Å². The molecule has 1 aliphatic rings. The fourth-order valence-corrected chi connectivity index (χ4v) is 4.88. The Morgan fingerprint density at radius 1 is 1.10 bits per heavy atom. The molecule has 1 aliphatic carbocycles. The van der Waals surface area contributed by atoms with E-state index in [1.54, 1.807) is 30.6 Å². The highest BCUT2D eigenvalue weighted by atomic mass is 32.1. The fraction of sp³-hybridized carbons (Fsp3) is 0.238. The van der Waals surface area contributed by atoms with E-state index in [1.165, 1.54) is 22.2 Å². The fourth-order valence-electron chi connectivity index (χ4n) is 3.91. The lowest BCUT2D eigenvalue weighted by Crippen LogP contribution is -2.43. The van der Waals surface area contributed by atoms with Crippen LogP contribution in [0.2, 0.25) is 0 Å². The number of carbonyl (C=O) groups is 1. The summed E-state index contributed by atoms with van der Waals surface area (Å²) in [5.41, 5.74) is 1.21. The van der Waals surface area contributed by atoms with Crippen molar-refractivity contribution in [3.8, 4) is 5.69 Å². The molecule has 2 heterocycles. The summed E-state index contributed by atoms with van der Waals surface area (Å²) in [5, 5.41) is 15.1. The van der Waals surface area contributed by atoms with Gasteiger partial charge in [0.05, 0.1) is 28.3 Å². The molecule has 0 unspecified atom stereocenters. The maximum absolute atomic E-state index is 14.0. The highest BCUT2D eigenvalue weighted by Crippen LogP contribution is 2.31. The summed E-state index contributed by atoms with van der Waals surface area (Å²) in [5.74, 6) is -1.53. The number of para-hydroxylation sites is 1. The minimum atomic E-state index is -0.681. The molecule has 0 bridgehead atoms. The first-order valence-electron chi connectivity index (χ1n) is 9.87. The molecule has 2 aromatic heterocycles. The van der Waals surface area contributed by atoms with Gasteiger partial charge in [-0.3, -0.25) is 4.79 Å². The Morgan fingerprint density at radius 3 is 2.71 bits per heavy atom. The summed E-state index contributed by atoms with van der Waals surface area (Å²) in [4.78, 5) is 18.7.